The van der Waals surface area contributed by atoms with Crippen LogP contribution in [0.5, 0.6) is 0 Å². The normalized spacial score (nSPS) is 34.9. The van der Waals surface area contributed by atoms with Gasteiger partial charge in [0.05, 0.1) is 5.60 Å². The van der Waals surface area contributed by atoms with Gasteiger partial charge in [0.1, 0.15) is 0 Å². The number of fused-ring (bicyclic) bond motifs is 2. The van der Waals surface area contributed by atoms with E-state index in [0.717, 1.165) is 6.42 Å². The molecule has 2 bridgehead atoms. The van der Waals surface area contributed by atoms with Gasteiger partial charge in [-0.15, -0.1) is 0 Å². The Labute approximate surface area is 139 Å². The molecule has 2 saturated carbocycles. The Morgan fingerprint density at radius 1 is 0.833 bits per heavy atom. The van der Waals surface area contributed by atoms with Crippen LogP contribution in [0, 0.1) is 29.6 Å². The van der Waals surface area contributed by atoms with Crippen molar-refractivity contribution >= 4 is 0 Å². The van der Waals surface area contributed by atoms with Gasteiger partial charge in [-0.3, -0.25) is 0 Å². The van der Waals surface area contributed by atoms with Crippen LogP contribution in [0.3, 0.4) is 0 Å². The molecule has 5 atom stereocenters. The Bertz CT molecular complexity index is 445. The fourth-order valence-corrected chi connectivity index (χ4v) is 4.77. The molecule has 2 rings (SSSR count). The highest BCUT2D eigenvalue weighted by atomic mass is 19.4. The smallest absolute Gasteiger partial charge is 0.352 e. The van der Waals surface area contributed by atoms with Crippen LogP contribution in [0.15, 0.2) is 0 Å². The first-order valence-corrected chi connectivity index (χ1v) is 8.42. The molecule has 2 aliphatic carbocycles. The zero-order valence-corrected chi connectivity index (χ0v) is 14.7. The van der Waals surface area contributed by atoms with Gasteiger partial charge in [0.25, 0.3) is 5.60 Å². The molecule has 0 aromatic heterocycles. The Morgan fingerprint density at radius 2 is 1.33 bits per heavy atom. The second kappa shape index (κ2) is 5.78. The molecule has 0 spiro atoms. The van der Waals surface area contributed by atoms with Crippen LogP contribution in [0.4, 0.5) is 26.3 Å². The van der Waals surface area contributed by atoms with E-state index in [4.69, 9.17) is 4.74 Å². The summed E-state index contributed by atoms with van der Waals surface area (Å²) in [6.45, 7) is 7.66. The van der Waals surface area contributed by atoms with Crippen molar-refractivity contribution in [3.63, 3.8) is 0 Å². The van der Waals surface area contributed by atoms with Crippen molar-refractivity contribution < 1.29 is 31.1 Å². The predicted molar refractivity (Wildman–Crippen MR) is 78.3 cm³/mol. The van der Waals surface area contributed by atoms with Gasteiger partial charge in [0.2, 0.25) is 0 Å². The van der Waals surface area contributed by atoms with Crippen molar-refractivity contribution in [2.75, 3.05) is 0 Å². The first-order valence-electron chi connectivity index (χ1n) is 8.42. The minimum absolute atomic E-state index is 0.0855. The van der Waals surface area contributed by atoms with Gasteiger partial charge in [0.15, 0.2) is 0 Å². The molecule has 1 nitrogen and oxygen atoms in total. The van der Waals surface area contributed by atoms with E-state index < -0.39 is 35.9 Å². The van der Waals surface area contributed by atoms with Crippen LogP contribution < -0.4 is 0 Å². The summed E-state index contributed by atoms with van der Waals surface area (Å²) in [5, 5.41) is 0. The van der Waals surface area contributed by atoms with E-state index in [9.17, 15) is 26.3 Å². The van der Waals surface area contributed by atoms with Crippen LogP contribution in [-0.4, -0.2) is 23.6 Å². The third-order valence-electron chi connectivity index (χ3n) is 5.98. The third-order valence-corrected chi connectivity index (χ3v) is 5.98. The molecule has 2 fully saturated rings. The summed E-state index contributed by atoms with van der Waals surface area (Å²) < 4.78 is 86.5. The van der Waals surface area contributed by atoms with E-state index in [2.05, 4.69) is 0 Å². The lowest BCUT2D eigenvalue weighted by Crippen LogP contribution is -2.62. The summed E-state index contributed by atoms with van der Waals surface area (Å²) >= 11 is 0. The van der Waals surface area contributed by atoms with E-state index in [1.807, 2.05) is 13.8 Å². The minimum Gasteiger partial charge on any atom is -0.352 e. The van der Waals surface area contributed by atoms with Gasteiger partial charge < -0.3 is 4.74 Å². The van der Waals surface area contributed by atoms with E-state index in [0.29, 0.717) is 12.3 Å². The SMILES string of the molecule is CC1C2CC(CC(OC(C)(C)C)(C(F)(F)F)C(F)(F)F)C(C2)C1C. The molecule has 0 heterocycles. The molecule has 0 N–H and O–H groups in total. The topological polar surface area (TPSA) is 9.23 Å². The van der Waals surface area contributed by atoms with Crippen molar-refractivity contribution in [2.45, 2.75) is 77.4 Å². The maximum atomic E-state index is 13.6. The average molecular weight is 360 g/mol. The molecule has 0 aromatic carbocycles. The third kappa shape index (κ3) is 3.29. The van der Waals surface area contributed by atoms with E-state index >= 15 is 0 Å². The lowest BCUT2D eigenvalue weighted by Gasteiger charge is -2.44. The summed E-state index contributed by atoms with van der Waals surface area (Å²) in [5.41, 5.74) is -5.65. The quantitative estimate of drug-likeness (QED) is 0.562. The Morgan fingerprint density at radius 3 is 1.67 bits per heavy atom. The number of ether oxygens (including phenoxy) is 1. The van der Waals surface area contributed by atoms with Gasteiger partial charge in [-0.25, -0.2) is 0 Å². The largest absolute Gasteiger partial charge is 0.426 e. The maximum absolute atomic E-state index is 13.6. The highest BCUT2D eigenvalue weighted by Gasteiger charge is 2.74. The lowest BCUT2D eigenvalue weighted by atomic mass is 9.71. The highest BCUT2D eigenvalue weighted by Crippen LogP contribution is 2.60. The van der Waals surface area contributed by atoms with Crippen LogP contribution in [0.2, 0.25) is 0 Å². The van der Waals surface area contributed by atoms with Crippen molar-refractivity contribution in [2.24, 2.45) is 29.6 Å². The first-order chi connectivity index (χ1) is 10.6. The molecular weight excluding hydrogens is 334 g/mol. The van der Waals surface area contributed by atoms with Crippen molar-refractivity contribution in [3.05, 3.63) is 0 Å². The predicted octanol–water partition coefficient (Wildman–Crippen LogP) is 5.98. The Kier molecular flexibility index (Phi) is 4.78. The maximum Gasteiger partial charge on any atom is 0.426 e. The van der Waals surface area contributed by atoms with Gasteiger partial charge in [-0.05, 0) is 69.6 Å². The Hall–Kier alpha value is -0.460. The van der Waals surface area contributed by atoms with Crippen molar-refractivity contribution in [1.82, 2.24) is 0 Å². The molecule has 0 amide bonds. The monoisotopic (exact) mass is 360 g/mol. The van der Waals surface area contributed by atoms with E-state index in [1.165, 1.54) is 20.8 Å². The van der Waals surface area contributed by atoms with E-state index in [1.54, 1.807) is 0 Å². The molecule has 24 heavy (non-hydrogen) atoms. The molecule has 142 valence electrons. The molecule has 0 aromatic rings. The van der Waals surface area contributed by atoms with Gasteiger partial charge in [0, 0.05) is 0 Å². The molecule has 5 unspecified atom stereocenters. The summed E-state index contributed by atoms with van der Waals surface area (Å²) in [6, 6.07) is 0. The van der Waals surface area contributed by atoms with E-state index in [-0.39, 0.29) is 17.8 Å². The molecular formula is C17H26F6O. The van der Waals surface area contributed by atoms with Gasteiger partial charge >= 0.3 is 12.4 Å². The van der Waals surface area contributed by atoms with Crippen LogP contribution in [0.25, 0.3) is 0 Å². The number of halogens is 6. The fourth-order valence-electron chi connectivity index (χ4n) is 4.77. The van der Waals surface area contributed by atoms with Gasteiger partial charge in [-0.1, -0.05) is 13.8 Å². The van der Waals surface area contributed by atoms with Gasteiger partial charge in [-0.2, -0.15) is 26.3 Å². The van der Waals surface area contributed by atoms with Crippen LogP contribution in [-0.2, 0) is 4.74 Å². The zero-order chi connectivity index (χ0) is 18.7. The first kappa shape index (κ1) is 19.9. The number of hydrogen-bond acceptors (Lipinski definition) is 1. The zero-order valence-electron chi connectivity index (χ0n) is 14.7. The number of hydrogen-bond donors (Lipinski definition) is 0. The summed E-state index contributed by atoms with van der Waals surface area (Å²) in [7, 11) is 0. The second-order valence-corrected chi connectivity index (χ2v) is 8.61. The van der Waals surface area contributed by atoms with Crippen LogP contribution >= 0.6 is 0 Å². The standard InChI is InChI=1S/C17H26F6O/c1-9-10(2)13-7-11(9)6-12(13)8-15(16(18,19)20,17(21,22)23)24-14(3,4)5/h9-13H,6-8H2,1-5H3. The number of rotatable bonds is 3. The molecule has 2 aliphatic rings. The summed E-state index contributed by atoms with van der Waals surface area (Å²) in [6.07, 6.45) is -10.9. The Balaban J connectivity index is 2.37. The van der Waals surface area contributed by atoms with Crippen molar-refractivity contribution in [3.8, 4) is 0 Å². The molecule has 0 radical (unpaired) electrons. The molecule has 7 heteroatoms. The highest BCUT2D eigenvalue weighted by molar-refractivity contribution is 5.05. The van der Waals surface area contributed by atoms with Crippen molar-refractivity contribution in [1.29, 1.82) is 0 Å². The average Bonchev–Trinajstić information content (AvgIpc) is 2.85. The number of alkyl halides is 6. The second-order valence-electron chi connectivity index (χ2n) is 8.61. The summed E-state index contributed by atoms with van der Waals surface area (Å²) in [4.78, 5) is 0. The fraction of sp³-hybridized carbons (Fsp3) is 1.00. The summed E-state index contributed by atoms with van der Waals surface area (Å²) in [5.74, 6) is 0.0526. The molecule has 0 saturated heterocycles. The lowest BCUT2D eigenvalue weighted by molar-refractivity contribution is -0.404. The molecule has 0 aliphatic heterocycles. The minimum atomic E-state index is -5.50. The van der Waals surface area contributed by atoms with Crippen LogP contribution in [0.1, 0.15) is 53.9 Å².